The molecule has 26 heavy (non-hydrogen) atoms. The lowest BCUT2D eigenvalue weighted by Gasteiger charge is -2.28. The van der Waals surface area contributed by atoms with Gasteiger partial charge in [-0.05, 0) is 55.5 Å². The SMILES string of the molecule is CN1CC2CC1CC2NC(=O)c1n[nH]c2cc(C3=CCOCC3)ccc12. The van der Waals surface area contributed by atoms with Crippen molar-refractivity contribution in [3.8, 4) is 0 Å². The van der Waals surface area contributed by atoms with Gasteiger partial charge in [0.05, 0.1) is 18.7 Å². The number of amides is 1. The lowest BCUT2D eigenvalue weighted by atomic mass is 9.99. The first-order valence-corrected chi connectivity index (χ1v) is 9.45. The highest BCUT2D eigenvalue weighted by Gasteiger charge is 2.43. The third-order valence-corrected chi connectivity index (χ3v) is 6.24. The van der Waals surface area contributed by atoms with Crippen LogP contribution in [0.15, 0.2) is 24.3 Å². The highest BCUT2D eigenvalue weighted by molar-refractivity contribution is 6.05. The highest BCUT2D eigenvalue weighted by atomic mass is 16.5. The second-order valence-corrected chi connectivity index (χ2v) is 7.79. The van der Waals surface area contributed by atoms with E-state index in [1.807, 2.05) is 6.07 Å². The summed E-state index contributed by atoms with van der Waals surface area (Å²) in [5, 5.41) is 11.5. The van der Waals surface area contributed by atoms with Gasteiger partial charge in [-0.15, -0.1) is 0 Å². The van der Waals surface area contributed by atoms with Gasteiger partial charge in [0.15, 0.2) is 5.69 Å². The lowest BCUT2D eigenvalue weighted by molar-refractivity contribution is 0.0909. The van der Waals surface area contributed by atoms with E-state index in [-0.39, 0.29) is 11.9 Å². The number of hydrogen-bond acceptors (Lipinski definition) is 4. The van der Waals surface area contributed by atoms with Crippen LogP contribution >= 0.6 is 0 Å². The molecule has 3 aliphatic rings. The van der Waals surface area contributed by atoms with Crippen LogP contribution in [0.1, 0.15) is 35.3 Å². The van der Waals surface area contributed by atoms with Gasteiger partial charge in [-0.25, -0.2) is 0 Å². The molecular formula is C20H24N4O2. The van der Waals surface area contributed by atoms with E-state index < -0.39 is 0 Å². The maximum Gasteiger partial charge on any atom is 0.272 e. The van der Waals surface area contributed by atoms with Crippen molar-refractivity contribution in [1.29, 1.82) is 0 Å². The van der Waals surface area contributed by atoms with E-state index in [1.165, 1.54) is 17.6 Å². The normalized spacial score (nSPS) is 28.5. The Morgan fingerprint density at radius 3 is 3.04 bits per heavy atom. The third-order valence-electron chi connectivity index (χ3n) is 6.24. The first kappa shape index (κ1) is 16.0. The molecule has 3 atom stereocenters. The molecule has 2 aromatic rings. The molecule has 6 heteroatoms. The van der Waals surface area contributed by atoms with Crippen molar-refractivity contribution in [2.45, 2.75) is 31.3 Å². The highest BCUT2D eigenvalue weighted by Crippen LogP contribution is 2.37. The van der Waals surface area contributed by atoms with Crippen molar-refractivity contribution in [3.05, 3.63) is 35.5 Å². The molecule has 0 radical (unpaired) electrons. The number of aromatic nitrogens is 2. The number of rotatable bonds is 3. The molecule has 3 heterocycles. The molecule has 1 aromatic heterocycles. The van der Waals surface area contributed by atoms with Crippen LogP contribution in [-0.4, -0.2) is 59.9 Å². The second kappa shape index (κ2) is 6.21. The third kappa shape index (κ3) is 2.64. The average molecular weight is 352 g/mol. The second-order valence-electron chi connectivity index (χ2n) is 7.79. The summed E-state index contributed by atoms with van der Waals surface area (Å²) in [6, 6.07) is 7.08. The Bertz CT molecular complexity index is 885. The van der Waals surface area contributed by atoms with Crippen LogP contribution in [0.5, 0.6) is 0 Å². The van der Waals surface area contributed by atoms with Crippen LogP contribution in [0.25, 0.3) is 16.5 Å². The smallest absolute Gasteiger partial charge is 0.272 e. The minimum absolute atomic E-state index is 0.0607. The first-order valence-electron chi connectivity index (χ1n) is 9.45. The van der Waals surface area contributed by atoms with E-state index in [0.717, 1.165) is 36.9 Å². The summed E-state index contributed by atoms with van der Waals surface area (Å²) in [5.74, 6) is 0.515. The molecule has 0 spiro atoms. The summed E-state index contributed by atoms with van der Waals surface area (Å²) < 4.78 is 5.38. The van der Waals surface area contributed by atoms with Gasteiger partial charge in [0.25, 0.3) is 5.91 Å². The van der Waals surface area contributed by atoms with Gasteiger partial charge < -0.3 is 15.0 Å². The van der Waals surface area contributed by atoms with Crippen LogP contribution in [0.4, 0.5) is 0 Å². The summed E-state index contributed by atoms with van der Waals surface area (Å²) in [6.45, 7) is 2.51. The Balaban J connectivity index is 1.36. The maximum atomic E-state index is 12.8. The molecule has 1 aliphatic carbocycles. The molecule has 1 aromatic carbocycles. The number of H-pyrrole nitrogens is 1. The predicted octanol–water partition coefficient (Wildman–Crippen LogP) is 2.19. The molecule has 6 nitrogen and oxygen atoms in total. The van der Waals surface area contributed by atoms with Gasteiger partial charge in [0.2, 0.25) is 0 Å². The molecule has 1 amide bonds. The zero-order chi connectivity index (χ0) is 17.7. The van der Waals surface area contributed by atoms with Crippen LogP contribution < -0.4 is 5.32 Å². The Morgan fingerprint density at radius 1 is 1.38 bits per heavy atom. The maximum absolute atomic E-state index is 12.8. The number of carbonyl (C=O) groups excluding carboxylic acids is 1. The molecule has 136 valence electrons. The minimum Gasteiger partial charge on any atom is -0.377 e. The van der Waals surface area contributed by atoms with E-state index >= 15 is 0 Å². The number of fused-ring (bicyclic) bond motifs is 3. The quantitative estimate of drug-likeness (QED) is 0.888. The number of aromatic amines is 1. The van der Waals surface area contributed by atoms with Gasteiger partial charge in [-0.2, -0.15) is 5.10 Å². The Hall–Kier alpha value is -2.18. The molecular weight excluding hydrogens is 328 g/mol. The van der Waals surface area contributed by atoms with Crippen molar-refractivity contribution in [1.82, 2.24) is 20.4 Å². The topological polar surface area (TPSA) is 70.2 Å². The number of benzene rings is 1. The number of nitrogens with one attached hydrogen (secondary N) is 2. The van der Waals surface area contributed by atoms with Gasteiger partial charge in [-0.3, -0.25) is 9.89 Å². The number of hydrogen-bond donors (Lipinski definition) is 2. The van der Waals surface area contributed by atoms with Crippen molar-refractivity contribution in [3.63, 3.8) is 0 Å². The summed E-state index contributed by atoms with van der Waals surface area (Å²) >= 11 is 0. The number of nitrogens with zero attached hydrogens (tertiary/aromatic N) is 2. The number of ether oxygens (including phenoxy) is 1. The van der Waals surface area contributed by atoms with E-state index in [1.54, 1.807) is 0 Å². The zero-order valence-corrected chi connectivity index (χ0v) is 15.0. The van der Waals surface area contributed by atoms with Crippen molar-refractivity contribution in [2.75, 3.05) is 26.8 Å². The first-order chi connectivity index (χ1) is 12.7. The fraction of sp³-hybridized carbons (Fsp3) is 0.500. The monoisotopic (exact) mass is 352 g/mol. The van der Waals surface area contributed by atoms with Gasteiger partial charge in [0.1, 0.15) is 0 Å². The summed E-state index contributed by atoms with van der Waals surface area (Å²) in [6.07, 6.45) is 5.30. The Labute approximate surface area is 152 Å². The molecule has 3 unspecified atom stereocenters. The van der Waals surface area contributed by atoms with Crippen LogP contribution in [-0.2, 0) is 4.74 Å². The van der Waals surface area contributed by atoms with Gasteiger partial charge in [-0.1, -0.05) is 12.1 Å². The minimum atomic E-state index is -0.0607. The number of piperidine rings is 1. The molecule has 2 N–H and O–H groups in total. The number of likely N-dealkylation sites (tertiary alicyclic amines) is 1. The molecule has 5 rings (SSSR count). The van der Waals surface area contributed by atoms with Crippen molar-refractivity contribution < 1.29 is 9.53 Å². The molecule has 2 bridgehead atoms. The summed E-state index contributed by atoms with van der Waals surface area (Å²) in [5.41, 5.74) is 3.88. The fourth-order valence-corrected chi connectivity index (χ4v) is 4.77. The van der Waals surface area contributed by atoms with E-state index in [2.05, 4.69) is 45.7 Å². The molecule has 2 aliphatic heterocycles. The number of carbonyl (C=O) groups is 1. The van der Waals surface area contributed by atoms with Crippen molar-refractivity contribution in [2.24, 2.45) is 5.92 Å². The van der Waals surface area contributed by atoms with E-state index in [4.69, 9.17) is 4.74 Å². The molecule has 1 saturated heterocycles. The standard InChI is InChI=1S/C20H24N4O2/c1-24-11-14-8-15(24)10-17(14)21-20(25)19-16-3-2-13(9-18(16)22-23-19)12-4-6-26-7-5-12/h2-4,9,14-15,17H,5-8,10-11H2,1H3,(H,21,25)(H,22,23). The van der Waals surface area contributed by atoms with Gasteiger partial charge >= 0.3 is 0 Å². The summed E-state index contributed by atoms with van der Waals surface area (Å²) in [4.78, 5) is 15.2. The molecule has 2 fully saturated rings. The Kier molecular flexibility index (Phi) is 3.83. The predicted molar refractivity (Wildman–Crippen MR) is 99.9 cm³/mol. The Morgan fingerprint density at radius 2 is 2.31 bits per heavy atom. The van der Waals surface area contributed by atoms with Gasteiger partial charge in [0, 0.05) is 24.0 Å². The molecule has 1 saturated carbocycles. The zero-order valence-electron chi connectivity index (χ0n) is 15.0. The van der Waals surface area contributed by atoms with Crippen LogP contribution in [0.2, 0.25) is 0 Å². The van der Waals surface area contributed by atoms with Crippen LogP contribution in [0.3, 0.4) is 0 Å². The van der Waals surface area contributed by atoms with E-state index in [0.29, 0.717) is 24.3 Å². The van der Waals surface area contributed by atoms with Crippen molar-refractivity contribution >= 4 is 22.4 Å². The van der Waals surface area contributed by atoms with E-state index in [9.17, 15) is 4.79 Å². The van der Waals surface area contributed by atoms with Crippen LogP contribution in [0, 0.1) is 5.92 Å². The summed E-state index contributed by atoms with van der Waals surface area (Å²) in [7, 11) is 2.18. The lowest BCUT2D eigenvalue weighted by Crippen LogP contribution is -2.44. The average Bonchev–Trinajstić information content (AvgIpc) is 3.35. The fourth-order valence-electron chi connectivity index (χ4n) is 4.77. The largest absolute Gasteiger partial charge is 0.377 e.